The highest BCUT2D eigenvalue weighted by Gasteiger charge is 2.23. The molecule has 8 rings (SSSR count). The fourth-order valence-corrected chi connectivity index (χ4v) is 5.92. The molecule has 43 heavy (non-hydrogen) atoms. The summed E-state index contributed by atoms with van der Waals surface area (Å²) in [5.74, 6) is 0.958. The van der Waals surface area contributed by atoms with Gasteiger partial charge in [-0.05, 0) is 47.5 Å². The minimum Gasteiger partial charge on any atom is -0.418 e. The minimum atomic E-state index is 0.479. The molecule has 4 heterocycles. The van der Waals surface area contributed by atoms with Gasteiger partial charge in [0.2, 0.25) is 22.9 Å². The second-order valence-corrected chi connectivity index (χ2v) is 10.4. The monoisotopic (exact) mass is 562 g/mol. The van der Waals surface area contributed by atoms with Gasteiger partial charge in [-0.15, -0.1) is 0 Å². The van der Waals surface area contributed by atoms with E-state index in [9.17, 15) is 0 Å². The summed E-state index contributed by atoms with van der Waals surface area (Å²) in [6.07, 6.45) is 0.559. The average molecular weight is 563 g/mol. The van der Waals surface area contributed by atoms with Crippen molar-refractivity contribution in [2.75, 3.05) is 14.1 Å². The number of nitrogens with zero attached hydrogens (tertiary/aromatic N) is 4. The molecule has 0 radical (unpaired) electrons. The van der Waals surface area contributed by atoms with E-state index in [0.717, 1.165) is 66.1 Å². The second kappa shape index (κ2) is 9.95. The fraction of sp³-hybridized carbons (Fsp3) is 0.0857. The Hall–Kier alpha value is -5.76. The second-order valence-electron chi connectivity index (χ2n) is 10.4. The normalized spacial score (nSPS) is 12.8. The molecule has 0 aliphatic heterocycles. The van der Waals surface area contributed by atoms with E-state index in [4.69, 9.17) is 18.8 Å². The van der Waals surface area contributed by atoms with Crippen molar-refractivity contribution in [3.8, 4) is 23.2 Å². The third-order valence-electron chi connectivity index (χ3n) is 7.91. The zero-order valence-electron chi connectivity index (χ0n) is 23.6. The Morgan fingerprint density at radius 2 is 0.930 bits per heavy atom. The maximum absolute atomic E-state index is 6.34. The number of hydrogen-bond donors (Lipinski definition) is 2. The Morgan fingerprint density at radius 1 is 0.535 bits per heavy atom. The molecule has 4 aromatic carbocycles. The van der Waals surface area contributed by atoms with Gasteiger partial charge >= 0.3 is 0 Å². The van der Waals surface area contributed by atoms with Gasteiger partial charge in [-0.1, -0.05) is 60.7 Å². The maximum Gasteiger partial charge on any atom is 0.245 e. The first-order chi connectivity index (χ1) is 21.2. The van der Waals surface area contributed by atoms with Gasteiger partial charge in [0.25, 0.3) is 0 Å². The van der Waals surface area contributed by atoms with Crippen LogP contribution in [-0.4, -0.2) is 34.0 Å². The molecule has 0 saturated carbocycles. The molecule has 0 saturated heterocycles. The van der Waals surface area contributed by atoms with E-state index in [1.807, 2.05) is 72.8 Å². The van der Waals surface area contributed by atoms with Crippen molar-refractivity contribution in [3.63, 3.8) is 0 Å². The number of benzene rings is 4. The average Bonchev–Trinajstić information content (AvgIpc) is 3.62. The summed E-state index contributed by atoms with van der Waals surface area (Å²) in [5, 5.41) is 3.90. The molecule has 8 aromatic rings. The van der Waals surface area contributed by atoms with Crippen LogP contribution in [0.25, 0.3) is 66.8 Å². The van der Waals surface area contributed by atoms with Crippen molar-refractivity contribution in [2.45, 2.75) is 6.42 Å². The highest BCUT2D eigenvalue weighted by molar-refractivity contribution is 5.94. The Balaban J connectivity index is 1.39. The summed E-state index contributed by atoms with van der Waals surface area (Å²) >= 11 is 0. The van der Waals surface area contributed by atoms with E-state index < -0.39 is 0 Å². The molecular weight excluding hydrogens is 536 g/mol. The van der Waals surface area contributed by atoms with Crippen LogP contribution in [0.4, 0.5) is 0 Å². The molecule has 0 amide bonds. The van der Waals surface area contributed by atoms with Crippen LogP contribution in [0.2, 0.25) is 0 Å². The largest absolute Gasteiger partial charge is 0.418 e. The Kier molecular flexibility index (Phi) is 5.78. The summed E-state index contributed by atoms with van der Waals surface area (Å²) in [5.41, 5.74) is 8.41. The Bertz CT molecular complexity index is 2300. The van der Waals surface area contributed by atoms with Crippen LogP contribution < -0.4 is 11.1 Å². The first-order valence-electron chi connectivity index (χ1n) is 14.1. The highest BCUT2D eigenvalue weighted by Crippen LogP contribution is 2.37. The first-order valence-corrected chi connectivity index (χ1v) is 14.1. The highest BCUT2D eigenvalue weighted by atomic mass is 16.4. The van der Waals surface area contributed by atoms with Crippen molar-refractivity contribution in [3.05, 3.63) is 119 Å². The van der Waals surface area contributed by atoms with Gasteiger partial charge in [0.15, 0.2) is 0 Å². The van der Waals surface area contributed by atoms with Crippen LogP contribution >= 0.6 is 0 Å². The summed E-state index contributed by atoms with van der Waals surface area (Å²) in [6, 6.07) is 32.3. The van der Waals surface area contributed by atoms with Crippen molar-refractivity contribution in [2.24, 2.45) is 9.98 Å². The summed E-state index contributed by atoms with van der Waals surface area (Å²) in [7, 11) is 3.46. The molecule has 0 atom stereocenters. The lowest BCUT2D eigenvalue weighted by atomic mass is 9.98. The number of aromatic amines is 2. The zero-order chi connectivity index (χ0) is 28.9. The number of fused-ring (bicyclic) bond motifs is 4. The van der Waals surface area contributed by atoms with Crippen LogP contribution in [0.3, 0.4) is 0 Å². The van der Waals surface area contributed by atoms with Crippen LogP contribution in [0.15, 0.2) is 116 Å². The summed E-state index contributed by atoms with van der Waals surface area (Å²) in [4.78, 5) is 25.9. The molecule has 8 nitrogen and oxygen atoms in total. The van der Waals surface area contributed by atoms with E-state index in [0.29, 0.717) is 29.3 Å². The zero-order valence-corrected chi connectivity index (χ0v) is 23.6. The molecule has 208 valence electrons. The van der Waals surface area contributed by atoms with Gasteiger partial charge in [-0.25, -0.2) is 9.97 Å². The molecule has 0 aliphatic rings. The predicted octanol–water partition coefficient (Wildman–Crippen LogP) is 6.92. The third kappa shape index (κ3) is 4.06. The van der Waals surface area contributed by atoms with Crippen molar-refractivity contribution in [1.29, 1.82) is 0 Å². The van der Waals surface area contributed by atoms with E-state index in [1.165, 1.54) is 0 Å². The Morgan fingerprint density at radius 3 is 1.37 bits per heavy atom. The van der Waals surface area contributed by atoms with Gasteiger partial charge in [0.05, 0.1) is 21.8 Å². The number of hydrogen-bond acceptors (Lipinski definition) is 6. The van der Waals surface area contributed by atoms with Crippen LogP contribution in [0.1, 0.15) is 11.1 Å². The number of rotatable bonds is 4. The summed E-state index contributed by atoms with van der Waals surface area (Å²) in [6.45, 7) is 0. The molecule has 4 aromatic heterocycles. The van der Waals surface area contributed by atoms with Gasteiger partial charge < -0.3 is 18.8 Å². The topological polar surface area (TPSA) is 108 Å². The number of H-pyrrole nitrogens is 2. The molecule has 0 fully saturated rings. The Labute approximate surface area is 245 Å². The molecule has 0 aliphatic carbocycles. The maximum atomic E-state index is 6.34. The van der Waals surface area contributed by atoms with Gasteiger partial charge in [0, 0.05) is 42.3 Å². The lowest BCUT2D eigenvalue weighted by Gasteiger charge is -2.08. The minimum absolute atomic E-state index is 0.479. The first kappa shape index (κ1) is 25.0. The predicted molar refractivity (Wildman–Crippen MR) is 168 cm³/mol. The molecule has 0 bridgehead atoms. The third-order valence-corrected chi connectivity index (χ3v) is 7.91. The molecule has 8 heteroatoms. The number of nitrogens with one attached hydrogen (secondary N) is 2. The molecule has 0 spiro atoms. The van der Waals surface area contributed by atoms with Gasteiger partial charge in [-0.2, -0.15) is 0 Å². The van der Waals surface area contributed by atoms with Gasteiger partial charge in [-0.3, -0.25) is 9.98 Å². The van der Waals surface area contributed by atoms with Crippen LogP contribution in [0, 0.1) is 0 Å². The lowest BCUT2D eigenvalue weighted by Crippen LogP contribution is -2.07. The van der Waals surface area contributed by atoms with Crippen molar-refractivity contribution < 1.29 is 8.83 Å². The van der Waals surface area contributed by atoms with Crippen LogP contribution in [0.5, 0.6) is 0 Å². The van der Waals surface area contributed by atoms with Crippen LogP contribution in [-0.2, 0) is 6.42 Å². The SMILES string of the molecule is CN=c1oc(-c2[nH]c3ccccc3c2Cc2c(-c3nc4ccccc4c(=NC)o3)[nH]c3ccccc23)nc2ccccc12. The standard InChI is InChI=1S/C35H26N6O2/c1-36-32-22-13-5-9-17-28(22)40-34(42-32)30-24(20-11-3-7-15-26(20)38-30)19-25-21-12-4-8-16-27(21)39-31(25)35-41-29-18-10-6-14-23(29)33(37-2)43-35/h3-18,38-39H,19H2,1-2H3. The van der Waals surface area contributed by atoms with Gasteiger partial charge in [0.1, 0.15) is 11.4 Å². The van der Waals surface area contributed by atoms with E-state index >= 15 is 0 Å². The van der Waals surface area contributed by atoms with Crippen molar-refractivity contribution >= 4 is 43.6 Å². The molecule has 0 unspecified atom stereocenters. The number of aromatic nitrogens is 4. The van der Waals surface area contributed by atoms with E-state index in [-0.39, 0.29) is 0 Å². The molecular formula is C35H26N6O2. The number of para-hydroxylation sites is 4. The smallest absolute Gasteiger partial charge is 0.245 e. The lowest BCUT2D eigenvalue weighted by molar-refractivity contribution is 0.500. The van der Waals surface area contributed by atoms with E-state index in [1.54, 1.807) is 14.1 Å². The fourth-order valence-electron chi connectivity index (χ4n) is 5.92. The quantitative estimate of drug-likeness (QED) is 0.243. The summed E-state index contributed by atoms with van der Waals surface area (Å²) < 4.78 is 12.7. The van der Waals surface area contributed by atoms with E-state index in [2.05, 4.69) is 44.2 Å². The molecule has 2 N–H and O–H groups in total. The van der Waals surface area contributed by atoms with Crippen molar-refractivity contribution in [1.82, 2.24) is 19.9 Å².